The first-order chi connectivity index (χ1) is 9.11. The SMILES string of the molecule is CCNc1ccc(C(=O)N2CCC(O)C(C)C2)cn1. The van der Waals surface area contributed by atoms with Gasteiger partial charge < -0.3 is 15.3 Å². The fourth-order valence-corrected chi connectivity index (χ4v) is 2.31. The third-order valence-corrected chi connectivity index (χ3v) is 3.52. The number of likely N-dealkylation sites (tertiary alicyclic amines) is 1. The number of anilines is 1. The van der Waals surface area contributed by atoms with Crippen molar-refractivity contribution in [2.45, 2.75) is 26.4 Å². The molecule has 2 heterocycles. The van der Waals surface area contributed by atoms with Crippen LogP contribution in [-0.2, 0) is 0 Å². The van der Waals surface area contributed by atoms with Gasteiger partial charge in [-0.05, 0) is 31.4 Å². The molecule has 1 fully saturated rings. The Bertz CT molecular complexity index is 433. The smallest absolute Gasteiger partial charge is 0.255 e. The number of aromatic nitrogens is 1. The first kappa shape index (κ1) is 13.8. The molecule has 2 atom stereocenters. The molecule has 5 nitrogen and oxygen atoms in total. The molecule has 19 heavy (non-hydrogen) atoms. The minimum absolute atomic E-state index is 0.00528. The van der Waals surface area contributed by atoms with Gasteiger partial charge in [-0.25, -0.2) is 4.98 Å². The molecule has 104 valence electrons. The van der Waals surface area contributed by atoms with Crippen molar-refractivity contribution in [2.24, 2.45) is 5.92 Å². The summed E-state index contributed by atoms with van der Waals surface area (Å²) >= 11 is 0. The summed E-state index contributed by atoms with van der Waals surface area (Å²) in [6.45, 7) is 5.99. The summed E-state index contributed by atoms with van der Waals surface area (Å²) in [5, 5.41) is 12.8. The Kier molecular flexibility index (Phi) is 4.37. The second kappa shape index (κ2) is 6.02. The predicted octanol–water partition coefficient (Wildman–Crippen LogP) is 1.36. The molecule has 2 N–H and O–H groups in total. The lowest BCUT2D eigenvalue weighted by atomic mass is 9.96. The van der Waals surface area contributed by atoms with E-state index in [2.05, 4.69) is 10.3 Å². The number of aliphatic hydroxyl groups is 1. The van der Waals surface area contributed by atoms with Crippen molar-refractivity contribution in [1.82, 2.24) is 9.88 Å². The molecule has 5 heteroatoms. The fourth-order valence-electron chi connectivity index (χ4n) is 2.31. The zero-order chi connectivity index (χ0) is 13.8. The molecule has 1 aromatic heterocycles. The number of rotatable bonds is 3. The van der Waals surface area contributed by atoms with Gasteiger partial charge in [-0.15, -0.1) is 0 Å². The molecule has 1 amide bonds. The van der Waals surface area contributed by atoms with Crippen molar-refractivity contribution in [2.75, 3.05) is 25.0 Å². The molecule has 0 aromatic carbocycles. The molecule has 0 bridgehead atoms. The van der Waals surface area contributed by atoms with Crippen LogP contribution in [0.1, 0.15) is 30.6 Å². The highest BCUT2D eigenvalue weighted by Crippen LogP contribution is 2.18. The number of carbonyl (C=O) groups excluding carboxylic acids is 1. The lowest BCUT2D eigenvalue weighted by Crippen LogP contribution is -2.44. The van der Waals surface area contributed by atoms with E-state index >= 15 is 0 Å². The summed E-state index contributed by atoms with van der Waals surface area (Å²) in [6.07, 6.45) is 1.96. The summed E-state index contributed by atoms with van der Waals surface area (Å²) in [5.41, 5.74) is 0.602. The van der Waals surface area contributed by atoms with Crippen molar-refractivity contribution in [3.05, 3.63) is 23.9 Å². The summed E-state index contributed by atoms with van der Waals surface area (Å²) in [5.74, 6) is 0.905. The van der Waals surface area contributed by atoms with Gasteiger partial charge in [0.1, 0.15) is 5.82 Å². The minimum atomic E-state index is -0.293. The van der Waals surface area contributed by atoms with Crippen LogP contribution in [-0.4, -0.2) is 46.6 Å². The predicted molar refractivity (Wildman–Crippen MR) is 74.1 cm³/mol. The number of piperidine rings is 1. The first-order valence-electron chi connectivity index (χ1n) is 6.79. The monoisotopic (exact) mass is 263 g/mol. The van der Waals surface area contributed by atoms with Crippen LogP contribution in [0.5, 0.6) is 0 Å². The summed E-state index contributed by atoms with van der Waals surface area (Å²) in [4.78, 5) is 18.3. The van der Waals surface area contributed by atoms with Gasteiger partial charge in [-0.3, -0.25) is 4.79 Å². The average Bonchev–Trinajstić information content (AvgIpc) is 2.42. The molecule has 0 radical (unpaired) electrons. The van der Waals surface area contributed by atoms with Crippen LogP contribution in [0.4, 0.5) is 5.82 Å². The number of amides is 1. The van der Waals surface area contributed by atoms with Crippen LogP contribution in [0.3, 0.4) is 0 Å². The molecular formula is C14H21N3O2. The number of aliphatic hydroxyl groups excluding tert-OH is 1. The van der Waals surface area contributed by atoms with E-state index in [1.807, 2.05) is 19.9 Å². The van der Waals surface area contributed by atoms with Gasteiger partial charge in [-0.1, -0.05) is 6.92 Å². The second-order valence-corrected chi connectivity index (χ2v) is 5.05. The van der Waals surface area contributed by atoms with E-state index in [0.29, 0.717) is 25.1 Å². The van der Waals surface area contributed by atoms with Crippen molar-refractivity contribution < 1.29 is 9.90 Å². The van der Waals surface area contributed by atoms with Gasteiger partial charge in [0.25, 0.3) is 5.91 Å². The normalized spacial score (nSPS) is 23.2. The van der Waals surface area contributed by atoms with Crippen molar-refractivity contribution in [1.29, 1.82) is 0 Å². The molecular weight excluding hydrogens is 242 g/mol. The number of nitrogens with zero attached hydrogens (tertiary/aromatic N) is 2. The van der Waals surface area contributed by atoms with Crippen LogP contribution in [0.15, 0.2) is 18.3 Å². The van der Waals surface area contributed by atoms with Gasteiger partial charge in [-0.2, -0.15) is 0 Å². The van der Waals surface area contributed by atoms with E-state index in [9.17, 15) is 9.90 Å². The number of hydrogen-bond acceptors (Lipinski definition) is 4. The fraction of sp³-hybridized carbons (Fsp3) is 0.571. The zero-order valence-corrected chi connectivity index (χ0v) is 11.5. The van der Waals surface area contributed by atoms with Crippen molar-refractivity contribution >= 4 is 11.7 Å². The first-order valence-corrected chi connectivity index (χ1v) is 6.79. The van der Waals surface area contributed by atoms with Gasteiger partial charge in [0.2, 0.25) is 0 Å². The molecule has 0 saturated carbocycles. The van der Waals surface area contributed by atoms with Crippen molar-refractivity contribution in [3.63, 3.8) is 0 Å². The largest absolute Gasteiger partial charge is 0.393 e. The zero-order valence-electron chi connectivity index (χ0n) is 11.5. The minimum Gasteiger partial charge on any atom is -0.393 e. The Hall–Kier alpha value is -1.62. The molecule has 0 spiro atoms. The topological polar surface area (TPSA) is 65.5 Å². The molecule has 1 saturated heterocycles. The van der Waals surface area contributed by atoms with Crippen LogP contribution in [0, 0.1) is 5.92 Å². The van der Waals surface area contributed by atoms with Gasteiger partial charge >= 0.3 is 0 Å². The third-order valence-electron chi connectivity index (χ3n) is 3.52. The summed E-state index contributed by atoms with van der Waals surface area (Å²) in [6, 6.07) is 3.61. The molecule has 2 unspecified atom stereocenters. The molecule has 1 aromatic rings. The molecule has 2 rings (SSSR count). The Morgan fingerprint density at radius 1 is 1.58 bits per heavy atom. The van der Waals surface area contributed by atoms with E-state index in [1.54, 1.807) is 17.2 Å². The molecule has 0 aliphatic carbocycles. The van der Waals surface area contributed by atoms with Crippen LogP contribution in [0.25, 0.3) is 0 Å². The number of carbonyl (C=O) groups is 1. The van der Waals surface area contributed by atoms with Crippen LogP contribution >= 0.6 is 0 Å². The Morgan fingerprint density at radius 2 is 2.37 bits per heavy atom. The van der Waals surface area contributed by atoms with Gasteiger partial charge in [0, 0.05) is 25.8 Å². The maximum atomic E-state index is 12.3. The summed E-state index contributed by atoms with van der Waals surface area (Å²) < 4.78 is 0. The van der Waals surface area contributed by atoms with E-state index in [0.717, 1.165) is 12.4 Å². The quantitative estimate of drug-likeness (QED) is 0.864. The Morgan fingerprint density at radius 3 is 2.95 bits per heavy atom. The maximum absolute atomic E-state index is 12.3. The highest BCUT2D eigenvalue weighted by Gasteiger charge is 2.27. The van der Waals surface area contributed by atoms with Crippen LogP contribution < -0.4 is 5.32 Å². The molecule has 1 aliphatic rings. The van der Waals surface area contributed by atoms with E-state index < -0.39 is 0 Å². The third kappa shape index (κ3) is 3.23. The molecule has 1 aliphatic heterocycles. The standard InChI is InChI=1S/C14H21N3O2/c1-3-15-13-5-4-11(8-16-13)14(19)17-7-6-12(18)10(2)9-17/h4-5,8,10,12,18H,3,6-7,9H2,1-2H3,(H,15,16). The number of pyridine rings is 1. The average molecular weight is 263 g/mol. The number of nitrogens with one attached hydrogen (secondary N) is 1. The Labute approximate surface area is 113 Å². The van der Waals surface area contributed by atoms with Gasteiger partial charge in [0.15, 0.2) is 0 Å². The highest BCUT2D eigenvalue weighted by molar-refractivity contribution is 5.94. The summed E-state index contributed by atoms with van der Waals surface area (Å²) in [7, 11) is 0. The second-order valence-electron chi connectivity index (χ2n) is 5.05. The van der Waals surface area contributed by atoms with E-state index in [4.69, 9.17) is 0 Å². The van der Waals surface area contributed by atoms with Gasteiger partial charge in [0.05, 0.1) is 11.7 Å². The van der Waals surface area contributed by atoms with Crippen LogP contribution in [0.2, 0.25) is 0 Å². The van der Waals surface area contributed by atoms with Crippen molar-refractivity contribution in [3.8, 4) is 0 Å². The maximum Gasteiger partial charge on any atom is 0.255 e. The van der Waals surface area contributed by atoms with E-state index in [1.165, 1.54) is 0 Å². The number of hydrogen-bond donors (Lipinski definition) is 2. The Balaban J connectivity index is 2.03. The lowest BCUT2D eigenvalue weighted by Gasteiger charge is -2.34. The van der Waals surface area contributed by atoms with E-state index in [-0.39, 0.29) is 17.9 Å². The highest BCUT2D eigenvalue weighted by atomic mass is 16.3. The lowest BCUT2D eigenvalue weighted by molar-refractivity contribution is 0.0297.